The molecule has 0 unspecified atom stereocenters. The summed E-state index contributed by atoms with van der Waals surface area (Å²) < 4.78 is 12.4. The van der Waals surface area contributed by atoms with Gasteiger partial charge in [0.05, 0.1) is 6.20 Å². The highest BCUT2D eigenvalue weighted by molar-refractivity contribution is 6.13. The lowest BCUT2D eigenvalue weighted by atomic mass is 9.99. The second-order valence-corrected chi connectivity index (χ2v) is 11.9. The number of hydrogen-bond acceptors (Lipinski definition) is 6. The number of nitrogens with zero attached hydrogens (tertiary/aromatic N) is 4. The summed E-state index contributed by atoms with van der Waals surface area (Å²) in [6, 6.07) is 45.4. The van der Waals surface area contributed by atoms with Crippen molar-refractivity contribution in [3.05, 3.63) is 146 Å². The van der Waals surface area contributed by atoms with Crippen molar-refractivity contribution >= 4 is 54.6 Å². The lowest BCUT2D eigenvalue weighted by Crippen LogP contribution is -2.00. The molecule has 0 N–H and O–H groups in total. The van der Waals surface area contributed by atoms with E-state index in [1.165, 1.54) is 11.1 Å². The number of rotatable bonds is 4. The van der Waals surface area contributed by atoms with Gasteiger partial charge in [-0.05, 0) is 58.3 Å². The van der Waals surface area contributed by atoms with Gasteiger partial charge in [0.25, 0.3) is 0 Å². The Bertz CT molecular complexity index is 2720. The van der Waals surface area contributed by atoms with Crippen molar-refractivity contribution in [2.45, 2.75) is 0 Å². The van der Waals surface area contributed by atoms with Crippen LogP contribution >= 0.6 is 0 Å². The molecule has 0 bridgehead atoms. The average molecular weight is 617 g/mol. The number of fused-ring (bicyclic) bond motifs is 7. The minimum absolute atomic E-state index is 0.560. The fraction of sp³-hybridized carbons (Fsp3) is 0. The first-order chi connectivity index (χ1) is 23.8. The monoisotopic (exact) mass is 616 g/mol. The number of pyridine rings is 1. The molecule has 4 aromatic heterocycles. The first-order valence-corrected chi connectivity index (χ1v) is 15.8. The first-order valence-electron chi connectivity index (χ1n) is 15.8. The molecule has 0 saturated carbocycles. The normalized spacial score (nSPS) is 11.8. The fourth-order valence-corrected chi connectivity index (χ4v) is 6.77. The van der Waals surface area contributed by atoms with Crippen molar-refractivity contribution in [3.63, 3.8) is 0 Å². The molecule has 0 saturated heterocycles. The summed E-state index contributed by atoms with van der Waals surface area (Å²) in [4.78, 5) is 19.7. The van der Waals surface area contributed by atoms with Crippen molar-refractivity contribution in [3.8, 4) is 45.3 Å². The Hall–Kier alpha value is -6.66. The third-order valence-electron chi connectivity index (χ3n) is 9.03. The van der Waals surface area contributed by atoms with Crippen LogP contribution in [0.3, 0.4) is 0 Å². The van der Waals surface area contributed by atoms with Gasteiger partial charge in [-0.25, -0.2) is 15.0 Å². The van der Waals surface area contributed by atoms with E-state index in [4.69, 9.17) is 23.8 Å². The fourth-order valence-electron chi connectivity index (χ4n) is 6.77. The number of furan rings is 2. The molecular formula is C42H24N4O2. The quantitative estimate of drug-likeness (QED) is 0.196. The smallest absolute Gasteiger partial charge is 0.164 e. The molecule has 4 heterocycles. The van der Waals surface area contributed by atoms with Crippen LogP contribution in [0.2, 0.25) is 0 Å². The van der Waals surface area contributed by atoms with E-state index in [9.17, 15) is 0 Å². The van der Waals surface area contributed by atoms with E-state index < -0.39 is 0 Å². The minimum Gasteiger partial charge on any atom is -0.456 e. The Morgan fingerprint density at radius 3 is 1.73 bits per heavy atom. The highest BCUT2D eigenvalue weighted by Gasteiger charge is 2.20. The molecule has 0 atom stereocenters. The molecule has 0 amide bonds. The van der Waals surface area contributed by atoms with Crippen LogP contribution in [-0.2, 0) is 0 Å². The van der Waals surface area contributed by atoms with E-state index in [-0.39, 0.29) is 0 Å². The number of para-hydroxylation sites is 1. The minimum atomic E-state index is 0.560. The highest BCUT2D eigenvalue weighted by Crippen LogP contribution is 2.39. The van der Waals surface area contributed by atoms with Crippen molar-refractivity contribution in [1.29, 1.82) is 0 Å². The van der Waals surface area contributed by atoms with Crippen molar-refractivity contribution < 1.29 is 8.83 Å². The van der Waals surface area contributed by atoms with Crippen molar-refractivity contribution in [1.82, 2.24) is 19.9 Å². The van der Waals surface area contributed by atoms with Crippen molar-refractivity contribution in [2.75, 3.05) is 0 Å². The van der Waals surface area contributed by atoms with Gasteiger partial charge in [0, 0.05) is 44.4 Å². The van der Waals surface area contributed by atoms with Gasteiger partial charge in [0.2, 0.25) is 0 Å². The van der Waals surface area contributed by atoms with Crippen LogP contribution in [0.4, 0.5) is 0 Å². The van der Waals surface area contributed by atoms with Crippen LogP contribution in [-0.4, -0.2) is 19.9 Å². The number of hydrogen-bond donors (Lipinski definition) is 0. The molecule has 0 aliphatic heterocycles. The predicted molar refractivity (Wildman–Crippen MR) is 191 cm³/mol. The molecular weight excluding hydrogens is 592 g/mol. The van der Waals surface area contributed by atoms with Crippen LogP contribution in [0, 0.1) is 0 Å². The van der Waals surface area contributed by atoms with Crippen LogP contribution in [0.15, 0.2) is 155 Å². The topological polar surface area (TPSA) is 77.8 Å². The zero-order valence-electron chi connectivity index (χ0n) is 25.5. The van der Waals surface area contributed by atoms with Crippen LogP contribution in [0.25, 0.3) is 99.9 Å². The maximum absolute atomic E-state index is 6.24. The molecule has 48 heavy (non-hydrogen) atoms. The molecule has 10 rings (SSSR count). The summed E-state index contributed by atoms with van der Waals surface area (Å²) in [5, 5.41) is 6.14. The standard InChI is InChI=1S/C42H24N4O2/c1-2-8-25(9-3-1)26-16-17-28-23-29(19-18-27(28)22-26)40-44-41(32-11-6-14-35-38(32)30-10-4-5-13-34(30)47-35)46-42(45-40)33-12-7-15-36-39(33)31-20-21-43-24-37(31)48-36/h1-24H. The molecule has 6 nitrogen and oxygen atoms in total. The van der Waals surface area contributed by atoms with E-state index in [0.29, 0.717) is 23.1 Å². The number of aromatic nitrogens is 4. The van der Waals surface area contributed by atoms with Gasteiger partial charge in [-0.3, -0.25) is 4.98 Å². The van der Waals surface area contributed by atoms with Gasteiger partial charge >= 0.3 is 0 Å². The second-order valence-electron chi connectivity index (χ2n) is 11.9. The molecule has 10 aromatic rings. The van der Waals surface area contributed by atoms with Gasteiger partial charge in [-0.2, -0.15) is 0 Å². The molecule has 6 aromatic carbocycles. The van der Waals surface area contributed by atoms with Crippen LogP contribution < -0.4 is 0 Å². The van der Waals surface area contributed by atoms with E-state index in [0.717, 1.165) is 65.8 Å². The number of benzene rings is 6. The van der Waals surface area contributed by atoms with E-state index in [2.05, 4.69) is 77.8 Å². The first kappa shape index (κ1) is 26.5. The molecule has 6 heteroatoms. The molecule has 0 aliphatic rings. The van der Waals surface area contributed by atoms with Crippen LogP contribution in [0.5, 0.6) is 0 Å². The lowest BCUT2D eigenvalue weighted by Gasteiger charge is -2.11. The molecule has 224 valence electrons. The van der Waals surface area contributed by atoms with Gasteiger partial charge in [0.1, 0.15) is 16.7 Å². The van der Waals surface area contributed by atoms with Gasteiger partial charge < -0.3 is 8.83 Å². The molecule has 0 aliphatic carbocycles. The summed E-state index contributed by atoms with van der Waals surface area (Å²) in [5.41, 5.74) is 8.08. The summed E-state index contributed by atoms with van der Waals surface area (Å²) in [7, 11) is 0. The maximum atomic E-state index is 6.24. The Morgan fingerprint density at radius 1 is 0.396 bits per heavy atom. The second kappa shape index (κ2) is 10.4. The zero-order valence-corrected chi connectivity index (χ0v) is 25.5. The van der Waals surface area contributed by atoms with Gasteiger partial charge in [0.15, 0.2) is 23.1 Å². The SMILES string of the molecule is c1ccc(-c2ccc3cc(-c4nc(-c5cccc6oc7ccccc7c56)nc(-c5cccc6oc7cnccc7c56)n4)ccc3c2)cc1. The average Bonchev–Trinajstić information content (AvgIpc) is 3.73. The van der Waals surface area contributed by atoms with Crippen LogP contribution in [0.1, 0.15) is 0 Å². The summed E-state index contributed by atoms with van der Waals surface area (Å²) in [6.07, 6.45) is 3.52. The lowest BCUT2D eigenvalue weighted by molar-refractivity contribution is 0.667. The van der Waals surface area contributed by atoms with Gasteiger partial charge in [-0.1, -0.05) is 97.1 Å². The zero-order chi connectivity index (χ0) is 31.6. The van der Waals surface area contributed by atoms with E-state index >= 15 is 0 Å². The molecule has 0 radical (unpaired) electrons. The summed E-state index contributed by atoms with van der Waals surface area (Å²) >= 11 is 0. The van der Waals surface area contributed by atoms with E-state index in [1.54, 1.807) is 12.4 Å². The Morgan fingerprint density at radius 2 is 0.979 bits per heavy atom. The highest BCUT2D eigenvalue weighted by atomic mass is 16.3. The molecule has 0 fully saturated rings. The largest absolute Gasteiger partial charge is 0.456 e. The van der Waals surface area contributed by atoms with E-state index in [1.807, 2.05) is 60.7 Å². The third kappa shape index (κ3) is 4.20. The maximum Gasteiger partial charge on any atom is 0.164 e. The Kier molecular flexibility index (Phi) is 5.77. The molecule has 0 spiro atoms. The third-order valence-corrected chi connectivity index (χ3v) is 9.03. The summed E-state index contributed by atoms with van der Waals surface area (Å²) in [5.74, 6) is 1.71. The Balaban J connectivity index is 1.22. The Labute approximate surface area is 274 Å². The summed E-state index contributed by atoms with van der Waals surface area (Å²) in [6.45, 7) is 0. The van der Waals surface area contributed by atoms with Crippen molar-refractivity contribution in [2.24, 2.45) is 0 Å². The predicted octanol–water partition coefficient (Wildman–Crippen LogP) is 10.9. The van der Waals surface area contributed by atoms with Gasteiger partial charge in [-0.15, -0.1) is 0 Å².